The number of carboxylic acids is 1. The molecule has 2 aliphatic heterocycles. The minimum atomic E-state index is -1.12. The Kier molecular flexibility index (Phi) is 7.20. The molecule has 2 aliphatic rings. The summed E-state index contributed by atoms with van der Waals surface area (Å²) in [5.41, 5.74) is 2.74. The normalized spacial score (nSPS) is 11.5. The van der Waals surface area contributed by atoms with Crippen molar-refractivity contribution in [2.45, 2.75) is 53.0 Å². The fraction of sp³-hybridized carbons (Fsp3) is 0.455. The molecule has 0 bridgehead atoms. The molecule has 0 unspecified atom stereocenters. The zero-order valence-electron chi connectivity index (χ0n) is 18.9. The molecule has 9 nitrogen and oxygen atoms in total. The minimum Gasteiger partial charge on any atom is -0.478 e. The Hall–Kier alpha value is -2.91. The summed E-state index contributed by atoms with van der Waals surface area (Å²) in [7, 11) is 0. The third-order valence-corrected chi connectivity index (χ3v) is 5.42. The van der Waals surface area contributed by atoms with Crippen molar-refractivity contribution in [3.05, 3.63) is 34.5 Å². The molecule has 0 spiro atoms. The standard InChI is InChI=1S/C22H29ClN6O3/c1-6-9-28(11-30)22-25-20(24-14-7-8-16(23)15(10-14)21(31)32)18-19(29(22)13(4)5)17(12(2)3)26-27-18/h7-8,10,12-13,24,30H,6,9,11H2,1-5H3,(H,31,32). The van der Waals surface area contributed by atoms with E-state index in [1.165, 1.54) is 12.1 Å². The topological polar surface area (TPSA) is 116 Å². The number of carbonyl (C=O) groups is 1. The zero-order valence-corrected chi connectivity index (χ0v) is 19.7. The average molecular weight is 461 g/mol. The van der Waals surface area contributed by atoms with Gasteiger partial charge in [0.1, 0.15) is 6.73 Å². The van der Waals surface area contributed by atoms with Crippen LogP contribution in [0, 0.1) is 0 Å². The van der Waals surface area contributed by atoms with Crippen LogP contribution in [0.1, 0.15) is 69.1 Å². The number of anilines is 3. The van der Waals surface area contributed by atoms with Gasteiger partial charge in [-0.15, -0.1) is 5.10 Å². The van der Waals surface area contributed by atoms with Gasteiger partial charge in [-0.2, -0.15) is 10.1 Å². The molecule has 10 heteroatoms. The predicted molar refractivity (Wildman–Crippen MR) is 125 cm³/mol. The molecule has 0 radical (unpaired) electrons. The van der Waals surface area contributed by atoms with Crippen LogP contribution in [-0.4, -0.2) is 49.2 Å². The van der Waals surface area contributed by atoms with E-state index in [0.717, 1.165) is 17.8 Å². The van der Waals surface area contributed by atoms with Crippen LogP contribution in [0.5, 0.6) is 0 Å². The van der Waals surface area contributed by atoms with Crippen LogP contribution in [0.25, 0.3) is 11.4 Å². The van der Waals surface area contributed by atoms with Gasteiger partial charge in [0.25, 0.3) is 0 Å². The van der Waals surface area contributed by atoms with Crippen molar-refractivity contribution in [3.63, 3.8) is 0 Å². The Morgan fingerprint density at radius 3 is 2.53 bits per heavy atom. The number of aromatic carboxylic acids is 1. The zero-order chi connectivity index (χ0) is 23.6. The maximum absolute atomic E-state index is 11.5. The SMILES string of the molecule is CCCN(CO)c1nc(Nc2ccc(Cl)c(C(=O)O)c2)c2nnc(C(C)C)c-2n1C(C)C. The van der Waals surface area contributed by atoms with Gasteiger partial charge in [-0.05, 0) is 44.4 Å². The summed E-state index contributed by atoms with van der Waals surface area (Å²) in [5, 5.41) is 31.7. The lowest BCUT2D eigenvalue weighted by molar-refractivity contribution is 0.0697. The summed E-state index contributed by atoms with van der Waals surface area (Å²) in [5.74, 6) is 0.0201. The summed E-state index contributed by atoms with van der Waals surface area (Å²) in [6, 6.07) is 4.70. The van der Waals surface area contributed by atoms with E-state index in [4.69, 9.17) is 16.6 Å². The molecule has 2 heterocycles. The maximum atomic E-state index is 11.5. The first-order chi connectivity index (χ1) is 15.2. The van der Waals surface area contributed by atoms with Crippen LogP contribution in [0.2, 0.25) is 5.02 Å². The molecule has 0 saturated carbocycles. The molecular weight excluding hydrogens is 432 g/mol. The molecule has 172 valence electrons. The number of aliphatic hydroxyl groups is 1. The van der Waals surface area contributed by atoms with E-state index in [2.05, 4.69) is 43.2 Å². The number of aromatic nitrogens is 4. The maximum Gasteiger partial charge on any atom is 0.337 e. The molecule has 1 aromatic rings. The first-order valence-electron chi connectivity index (χ1n) is 10.6. The largest absolute Gasteiger partial charge is 0.478 e. The van der Waals surface area contributed by atoms with Gasteiger partial charge in [-0.1, -0.05) is 32.4 Å². The Morgan fingerprint density at radius 1 is 1.25 bits per heavy atom. The van der Waals surface area contributed by atoms with Crippen LogP contribution in [0.3, 0.4) is 0 Å². The molecule has 0 aromatic heterocycles. The molecule has 3 N–H and O–H groups in total. The van der Waals surface area contributed by atoms with Gasteiger partial charge in [0.05, 0.1) is 22.0 Å². The van der Waals surface area contributed by atoms with Crippen LogP contribution in [0.4, 0.5) is 17.5 Å². The first-order valence-corrected chi connectivity index (χ1v) is 11.0. The number of nitrogens with zero attached hydrogens (tertiary/aromatic N) is 5. The fourth-order valence-electron chi connectivity index (χ4n) is 3.62. The van der Waals surface area contributed by atoms with Gasteiger partial charge in [0.2, 0.25) is 5.95 Å². The molecule has 3 rings (SSSR count). The Bertz CT molecular complexity index is 1080. The monoisotopic (exact) mass is 460 g/mol. The van der Waals surface area contributed by atoms with Gasteiger partial charge in [0.15, 0.2) is 11.5 Å². The predicted octanol–water partition coefficient (Wildman–Crippen LogP) is 4.74. The summed E-state index contributed by atoms with van der Waals surface area (Å²) in [6.07, 6.45) is 0.828. The second-order valence-corrected chi connectivity index (χ2v) is 8.60. The van der Waals surface area contributed by atoms with Crippen LogP contribution in [0.15, 0.2) is 18.2 Å². The Morgan fingerprint density at radius 2 is 1.97 bits per heavy atom. The van der Waals surface area contributed by atoms with E-state index >= 15 is 0 Å². The number of carboxylic acid groups (broad SMARTS) is 1. The second-order valence-electron chi connectivity index (χ2n) is 8.19. The number of fused-ring (bicyclic) bond motifs is 1. The third kappa shape index (κ3) is 4.49. The van der Waals surface area contributed by atoms with E-state index in [0.29, 0.717) is 29.7 Å². The van der Waals surface area contributed by atoms with Gasteiger partial charge < -0.3 is 25.0 Å². The lowest BCUT2D eigenvalue weighted by Crippen LogP contribution is -2.31. The van der Waals surface area contributed by atoms with Crippen LogP contribution < -0.4 is 10.2 Å². The van der Waals surface area contributed by atoms with Crippen molar-refractivity contribution >= 4 is 35.0 Å². The van der Waals surface area contributed by atoms with Crippen molar-refractivity contribution in [1.82, 2.24) is 19.7 Å². The highest BCUT2D eigenvalue weighted by molar-refractivity contribution is 6.33. The summed E-state index contributed by atoms with van der Waals surface area (Å²) in [6.45, 7) is 10.7. The Balaban J connectivity index is 2.25. The highest BCUT2D eigenvalue weighted by Crippen LogP contribution is 2.39. The third-order valence-electron chi connectivity index (χ3n) is 5.09. The summed E-state index contributed by atoms with van der Waals surface area (Å²) < 4.78 is 2.05. The van der Waals surface area contributed by atoms with E-state index in [1.807, 2.05) is 11.5 Å². The lowest BCUT2D eigenvalue weighted by Gasteiger charge is -2.30. The number of benzene rings is 1. The number of rotatable bonds is 9. The van der Waals surface area contributed by atoms with Gasteiger partial charge in [0, 0.05) is 18.3 Å². The van der Waals surface area contributed by atoms with E-state index in [-0.39, 0.29) is 29.3 Å². The van der Waals surface area contributed by atoms with Gasteiger partial charge >= 0.3 is 5.97 Å². The highest BCUT2D eigenvalue weighted by atomic mass is 35.5. The van der Waals surface area contributed by atoms with Gasteiger partial charge in [-0.3, -0.25) is 0 Å². The van der Waals surface area contributed by atoms with E-state index < -0.39 is 5.97 Å². The molecular formula is C22H29ClN6O3. The number of nitrogens with one attached hydrogen (secondary N) is 1. The Labute approximate surface area is 192 Å². The number of hydrogen-bond acceptors (Lipinski definition) is 7. The smallest absolute Gasteiger partial charge is 0.337 e. The van der Waals surface area contributed by atoms with Gasteiger partial charge in [-0.25, -0.2) is 4.79 Å². The van der Waals surface area contributed by atoms with Crippen molar-refractivity contribution in [2.24, 2.45) is 0 Å². The fourth-order valence-corrected chi connectivity index (χ4v) is 3.82. The quantitative estimate of drug-likeness (QED) is 0.392. The number of halogens is 1. The van der Waals surface area contributed by atoms with Crippen molar-refractivity contribution in [2.75, 3.05) is 23.5 Å². The molecule has 32 heavy (non-hydrogen) atoms. The molecule has 0 amide bonds. The molecule has 1 aromatic carbocycles. The number of aliphatic hydroxyl groups excluding tert-OH is 1. The molecule has 0 saturated heterocycles. The number of hydrogen-bond donors (Lipinski definition) is 3. The average Bonchev–Trinajstić information content (AvgIpc) is 3.18. The molecule has 0 fully saturated rings. The lowest BCUT2D eigenvalue weighted by atomic mass is 10.1. The van der Waals surface area contributed by atoms with E-state index in [1.54, 1.807) is 11.0 Å². The summed E-state index contributed by atoms with van der Waals surface area (Å²) in [4.78, 5) is 18.1. The first kappa shape index (κ1) is 23.7. The molecule has 0 aliphatic carbocycles. The van der Waals surface area contributed by atoms with Crippen LogP contribution in [-0.2, 0) is 0 Å². The van der Waals surface area contributed by atoms with Crippen LogP contribution >= 0.6 is 11.6 Å². The summed E-state index contributed by atoms with van der Waals surface area (Å²) >= 11 is 6.02. The molecule has 0 atom stereocenters. The second kappa shape index (κ2) is 9.70. The minimum absolute atomic E-state index is 0.0132. The van der Waals surface area contributed by atoms with E-state index in [9.17, 15) is 15.0 Å². The van der Waals surface area contributed by atoms with Crippen molar-refractivity contribution in [1.29, 1.82) is 0 Å². The van der Waals surface area contributed by atoms with Crippen molar-refractivity contribution in [3.8, 4) is 11.4 Å². The highest BCUT2D eigenvalue weighted by Gasteiger charge is 2.29. The van der Waals surface area contributed by atoms with Crippen molar-refractivity contribution < 1.29 is 15.0 Å².